The number of esters is 1. The smallest absolute Gasteiger partial charge is 0.338 e. The largest absolute Gasteiger partial charge is 0.456 e. The van der Waals surface area contributed by atoms with E-state index in [4.69, 9.17) is 16.3 Å². The average molecular weight is 634 g/mol. The van der Waals surface area contributed by atoms with Crippen molar-refractivity contribution in [3.63, 3.8) is 0 Å². The molecule has 0 saturated carbocycles. The molecule has 0 fully saturated rings. The zero-order chi connectivity index (χ0) is 33.1. The number of benzene rings is 4. The number of nitrogens with one attached hydrogen (secondary N) is 1. The lowest BCUT2D eigenvalue weighted by Gasteiger charge is -2.28. The third-order valence-corrected chi connectivity index (χ3v) is 8.91. The maximum Gasteiger partial charge on any atom is 0.338 e. The van der Waals surface area contributed by atoms with Gasteiger partial charge in [-0.25, -0.2) is 4.79 Å². The minimum Gasteiger partial charge on any atom is -0.456 e. The average Bonchev–Trinajstić information content (AvgIpc) is 3.00. The van der Waals surface area contributed by atoms with Gasteiger partial charge in [0.05, 0.1) is 10.6 Å². The first-order valence-electron chi connectivity index (χ1n) is 16.1. The van der Waals surface area contributed by atoms with E-state index in [2.05, 4.69) is 49.5 Å². The molecule has 0 aromatic heterocycles. The van der Waals surface area contributed by atoms with Crippen molar-refractivity contribution in [3.8, 4) is 11.1 Å². The molecule has 5 heteroatoms. The number of rotatable bonds is 8. The van der Waals surface area contributed by atoms with E-state index in [1.165, 1.54) is 23.1 Å². The van der Waals surface area contributed by atoms with E-state index < -0.39 is 11.6 Å². The molecular formula is C41H44ClNO3. The van der Waals surface area contributed by atoms with Crippen LogP contribution in [-0.4, -0.2) is 17.5 Å². The maximum atomic E-state index is 13.5. The van der Waals surface area contributed by atoms with Gasteiger partial charge in [-0.2, -0.15) is 0 Å². The molecule has 4 aromatic carbocycles. The molecule has 0 bridgehead atoms. The van der Waals surface area contributed by atoms with E-state index in [0.717, 1.165) is 41.5 Å². The van der Waals surface area contributed by atoms with Gasteiger partial charge in [-0.1, -0.05) is 86.1 Å². The van der Waals surface area contributed by atoms with Gasteiger partial charge in [0.1, 0.15) is 5.60 Å². The van der Waals surface area contributed by atoms with Crippen molar-refractivity contribution < 1.29 is 14.3 Å². The molecule has 0 saturated heterocycles. The van der Waals surface area contributed by atoms with Crippen LogP contribution in [0.25, 0.3) is 16.7 Å². The van der Waals surface area contributed by atoms with Gasteiger partial charge in [0.25, 0.3) is 5.91 Å². The Labute approximate surface area is 278 Å². The summed E-state index contributed by atoms with van der Waals surface area (Å²) < 4.78 is 5.74. The number of amides is 1. The first-order valence-corrected chi connectivity index (χ1v) is 16.5. The molecule has 0 unspecified atom stereocenters. The topological polar surface area (TPSA) is 55.4 Å². The molecular weight excluding hydrogens is 590 g/mol. The van der Waals surface area contributed by atoms with Crippen molar-refractivity contribution in [1.82, 2.24) is 0 Å². The molecule has 0 spiro atoms. The number of ether oxygens (including phenoxy) is 1. The first-order chi connectivity index (χ1) is 21.8. The molecule has 1 aliphatic rings. The van der Waals surface area contributed by atoms with Crippen molar-refractivity contribution in [1.29, 1.82) is 0 Å². The highest BCUT2D eigenvalue weighted by Gasteiger charge is 2.23. The van der Waals surface area contributed by atoms with Crippen molar-refractivity contribution in [2.75, 3.05) is 5.32 Å². The zero-order valence-electron chi connectivity index (χ0n) is 27.8. The highest BCUT2D eigenvalue weighted by Crippen LogP contribution is 2.38. The van der Waals surface area contributed by atoms with Crippen LogP contribution >= 0.6 is 11.6 Å². The normalized spacial score (nSPS) is 14.4. The predicted molar refractivity (Wildman–Crippen MR) is 191 cm³/mol. The van der Waals surface area contributed by atoms with Gasteiger partial charge in [-0.15, -0.1) is 0 Å². The minimum absolute atomic E-state index is 0.272. The quantitative estimate of drug-likeness (QED) is 0.196. The third kappa shape index (κ3) is 8.35. The standard InChI is InChI=1S/C41H44ClNO3/c1-27-10-7-8-13-34(27)36-19-17-33(26-37(36)42)43-38(44)32-16-18-35(39(45)46-40(2,3)4)31(25-32)15-14-28-11-9-12-30(24-28)29-20-22-41(5,6)23-21-29/h7-13,16-20,24-26H,14-15,21-23H2,1-6H3,(H,43,44). The highest BCUT2D eigenvalue weighted by molar-refractivity contribution is 6.33. The maximum absolute atomic E-state index is 13.5. The molecule has 4 nitrogen and oxygen atoms in total. The number of halogens is 1. The van der Waals surface area contributed by atoms with E-state index in [9.17, 15) is 9.59 Å². The first kappa shape index (κ1) is 33.2. The number of carbonyl (C=O) groups excluding carboxylic acids is 2. The lowest BCUT2D eigenvalue weighted by atomic mass is 9.77. The fourth-order valence-corrected chi connectivity index (χ4v) is 6.19. The molecule has 4 aromatic rings. The lowest BCUT2D eigenvalue weighted by molar-refractivity contribution is 0.00681. The summed E-state index contributed by atoms with van der Waals surface area (Å²) in [7, 11) is 0. The molecule has 46 heavy (non-hydrogen) atoms. The summed E-state index contributed by atoms with van der Waals surface area (Å²) in [5.74, 6) is -0.664. The second-order valence-corrected chi connectivity index (χ2v) is 14.5. The Bertz CT molecular complexity index is 1790. The van der Waals surface area contributed by atoms with E-state index >= 15 is 0 Å². The SMILES string of the molecule is Cc1ccccc1-c1ccc(NC(=O)c2ccc(C(=O)OC(C)(C)C)c(CCc3cccc(C4=CCC(C)(C)CC4)c3)c2)cc1Cl. The fourth-order valence-electron chi connectivity index (χ4n) is 5.91. The molecule has 0 radical (unpaired) electrons. The van der Waals surface area contributed by atoms with Crippen LogP contribution in [0, 0.1) is 12.3 Å². The summed E-state index contributed by atoms with van der Waals surface area (Å²) in [5, 5.41) is 3.54. The summed E-state index contributed by atoms with van der Waals surface area (Å²) in [5.41, 5.74) is 8.99. The Kier molecular flexibility index (Phi) is 9.88. The third-order valence-electron chi connectivity index (χ3n) is 8.60. The van der Waals surface area contributed by atoms with Gasteiger partial charge in [0.15, 0.2) is 0 Å². The summed E-state index contributed by atoms with van der Waals surface area (Å²) in [6.45, 7) is 12.3. The van der Waals surface area contributed by atoms with E-state index in [1.54, 1.807) is 18.2 Å². The van der Waals surface area contributed by atoms with Gasteiger partial charge >= 0.3 is 5.97 Å². The molecule has 0 heterocycles. The molecule has 0 atom stereocenters. The van der Waals surface area contributed by atoms with E-state index in [-0.39, 0.29) is 5.91 Å². The van der Waals surface area contributed by atoms with Gasteiger partial charge in [-0.3, -0.25) is 4.79 Å². The number of hydrogen-bond donors (Lipinski definition) is 1. The van der Waals surface area contributed by atoms with Gasteiger partial charge in [0.2, 0.25) is 0 Å². The van der Waals surface area contributed by atoms with Crippen LogP contribution in [0.5, 0.6) is 0 Å². The van der Waals surface area contributed by atoms with Crippen molar-refractivity contribution in [2.24, 2.45) is 5.41 Å². The predicted octanol–water partition coefficient (Wildman–Crippen LogP) is 10.9. The number of aryl methyl sites for hydroxylation is 3. The van der Waals surface area contributed by atoms with Crippen LogP contribution in [-0.2, 0) is 17.6 Å². The molecule has 1 amide bonds. The van der Waals surface area contributed by atoms with Crippen molar-refractivity contribution in [3.05, 3.63) is 129 Å². The van der Waals surface area contributed by atoms with Crippen LogP contribution in [0.1, 0.15) is 96.9 Å². The Morgan fingerprint density at radius 3 is 2.37 bits per heavy atom. The fraction of sp³-hybridized carbons (Fsp3) is 0.317. The summed E-state index contributed by atoms with van der Waals surface area (Å²) in [4.78, 5) is 26.7. The van der Waals surface area contributed by atoms with Crippen molar-refractivity contribution in [2.45, 2.75) is 79.2 Å². The summed E-state index contributed by atoms with van der Waals surface area (Å²) in [6.07, 6.45) is 7.04. The molecule has 238 valence electrons. The highest BCUT2D eigenvalue weighted by atomic mass is 35.5. The number of allylic oxidation sites excluding steroid dienone is 2. The summed E-state index contributed by atoms with van der Waals surface area (Å²) in [6, 6.07) is 27.5. The van der Waals surface area contributed by atoms with Crippen LogP contribution in [0.3, 0.4) is 0 Å². The van der Waals surface area contributed by atoms with Crippen LogP contribution in [0.15, 0.2) is 91.0 Å². The van der Waals surface area contributed by atoms with Gasteiger partial charge in [0, 0.05) is 16.8 Å². The number of anilines is 1. The lowest BCUT2D eigenvalue weighted by Crippen LogP contribution is -2.25. The molecule has 1 N–H and O–H groups in total. The van der Waals surface area contributed by atoms with E-state index in [0.29, 0.717) is 33.7 Å². The van der Waals surface area contributed by atoms with E-state index in [1.807, 2.05) is 70.2 Å². The Morgan fingerprint density at radius 2 is 1.67 bits per heavy atom. The van der Waals surface area contributed by atoms with Crippen LogP contribution < -0.4 is 5.32 Å². The van der Waals surface area contributed by atoms with Gasteiger partial charge < -0.3 is 10.1 Å². The Hall–Kier alpha value is -4.15. The number of carbonyl (C=O) groups is 2. The Morgan fingerprint density at radius 1 is 0.891 bits per heavy atom. The minimum atomic E-state index is -0.634. The molecule has 1 aliphatic carbocycles. The van der Waals surface area contributed by atoms with Crippen molar-refractivity contribution >= 4 is 34.7 Å². The zero-order valence-corrected chi connectivity index (χ0v) is 28.6. The van der Waals surface area contributed by atoms with Gasteiger partial charge in [-0.05, 0) is 129 Å². The molecule has 5 rings (SSSR count). The van der Waals surface area contributed by atoms with Crippen LogP contribution in [0.2, 0.25) is 5.02 Å². The Balaban J connectivity index is 1.37. The monoisotopic (exact) mass is 633 g/mol. The second kappa shape index (κ2) is 13.7. The summed E-state index contributed by atoms with van der Waals surface area (Å²) >= 11 is 6.67. The molecule has 0 aliphatic heterocycles. The second-order valence-electron chi connectivity index (χ2n) is 14.1. The van der Waals surface area contributed by atoms with Crippen LogP contribution in [0.4, 0.5) is 5.69 Å². The number of hydrogen-bond acceptors (Lipinski definition) is 3.